The second-order valence-corrected chi connectivity index (χ2v) is 8.50. The van der Waals surface area contributed by atoms with Crippen LogP contribution >= 0.6 is 0 Å². The molecule has 168 valence electrons. The molecule has 0 saturated carbocycles. The van der Waals surface area contributed by atoms with Gasteiger partial charge in [0.1, 0.15) is 5.75 Å². The van der Waals surface area contributed by atoms with Crippen LogP contribution in [0, 0.1) is 0 Å². The fourth-order valence-electron chi connectivity index (χ4n) is 4.52. The van der Waals surface area contributed by atoms with Gasteiger partial charge in [-0.1, -0.05) is 30.3 Å². The van der Waals surface area contributed by atoms with E-state index < -0.39 is 0 Å². The van der Waals surface area contributed by atoms with Gasteiger partial charge < -0.3 is 24.4 Å². The summed E-state index contributed by atoms with van der Waals surface area (Å²) >= 11 is 0. The molecule has 0 atom stereocenters. The predicted molar refractivity (Wildman–Crippen MR) is 130 cm³/mol. The van der Waals surface area contributed by atoms with Crippen molar-refractivity contribution in [2.75, 3.05) is 46.3 Å². The van der Waals surface area contributed by atoms with Gasteiger partial charge in [0.05, 0.1) is 14.2 Å². The van der Waals surface area contributed by atoms with Gasteiger partial charge in [-0.15, -0.1) is 0 Å². The second kappa shape index (κ2) is 9.53. The first-order valence-electron chi connectivity index (χ1n) is 11.0. The molecular formula is C27H32N2O3. The Hall–Kier alpha value is -3.18. The van der Waals surface area contributed by atoms with Crippen LogP contribution in [-0.2, 0) is 19.4 Å². The molecule has 5 heteroatoms. The number of hydrogen-bond donors (Lipinski definition) is 1. The third kappa shape index (κ3) is 4.53. The van der Waals surface area contributed by atoms with Crippen molar-refractivity contribution in [2.45, 2.75) is 19.4 Å². The molecule has 32 heavy (non-hydrogen) atoms. The van der Waals surface area contributed by atoms with E-state index in [4.69, 9.17) is 9.47 Å². The van der Waals surface area contributed by atoms with Gasteiger partial charge in [0.15, 0.2) is 11.5 Å². The summed E-state index contributed by atoms with van der Waals surface area (Å²) in [6, 6.07) is 18.3. The van der Waals surface area contributed by atoms with E-state index in [0.29, 0.717) is 5.75 Å². The third-order valence-corrected chi connectivity index (χ3v) is 6.28. The number of nitrogens with zero attached hydrogens (tertiary/aromatic N) is 2. The van der Waals surface area contributed by atoms with Crippen molar-refractivity contribution in [1.82, 2.24) is 4.90 Å². The van der Waals surface area contributed by atoms with Crippen LogP contribution in [0.4, 0.5) is 5.69 Å². The van der Waals surface area contributed by atoms with Crippen molar-refractivity contribution in [1.29, 1.82) is 0 Å². The minimum absolute atomic E-state index is 0.303. The van der Waals surface area contributed by atoms with Crippen molar-refractivity contribution < 1.29 is 14.6 Å². The van der Waals surface area contributed by atoms with Crippen LogP contribution in [0.5, 0.6) is 17.2 Å². The molecule has 1 N–H and O–H groups in total. The molecule has 0 radical (unpaired) electrons. The number of likely N-dealkylation sites (N-methyl/N-ethyl adjacent to an activating group) is 2. The van der Waals surface area contributed by atoms with E-state index in [1.807, 2.05) is 12.1 Å². The Balaban J connectivity index is 1.65. The standard InChI is InChI=1S/C27H32N2O3/c1-28(14-12-19-8-10-22(30)11-9-19)18-21-16-25(31-3)26(32-4)17-24(21)23-7-5-6-20-13-15-29(2)27(20)23/h5-11,16-17,30H,12-15,18H2,1-4H3. The highest BCUT2D eigenvalue weighted by Crippen LogP contribution is 2.42. The van der Waals surface area contributed by atoms with Crippen molar-refractivity contribution in [3.8, 4) is 28.4 Å². The van der Waals surface area contributed by atoms with E-state index in [0.717, 1.165) is 44.0 Å². The lowest BCUT2D eigenvalue weighted by Gasteiger charge is -2.23. The molecule has 3 aromatic carbocycles. The zero-order valence-electron chi connectivity index (χ0n) is 19.4. The van der Waals surface area contributed by atoms with Crippen LogP contribution < -0.4 is 14.4 Å². The lowest BCUT2D eigenvalue weighted by Crippen LogP contribution is -2.21. The number of aromatic hydroxyl groups is 1. The Bertz CT molecular complexity index is 1080. The normalized spacial score (nSPS) is 12.8. The minimum atomic E-state index is 0.303. The lowest BCUT2D eigenvalue weighted by molar-refractivity contribution is 0.328. The number of phenols is 1. The van der Waals surface area contributed by atoms with Gasteiger partial charge in [0.25, 0.3) is 0 Å². The Kier molecular flexibility index (Phi) is 6.56. The van der Waals surface area contributed by atoms with Crippen LogP contribution in [0.15, 0.2) is 54.6 Å². The molecule has 1 heterocycles. The summed E-state index contributed by atoms with van der Waals surface area (Å²) in [5.41, 5.74) is 7.56. The van der Waals surface area contributed by atoms with Crippen molar-refractivity contribution in [3.63, 3.8) is 0 Å². The number of para-hydroxylation sites is 1. The highest BCUT2D eigenvalue weighted by Gasteiger charge is 2.23. The molecule has 0 amide bonds. The molecule has 0 aromatic heterocycles. The maximum atomic E-state index is 9.51. The van der Waals surface area contributed by atoms with E-state index in [2.05, 4.69) is 54.2 Å². The number of methoxy groups -OCH3 is 2. The summed E-state index contributed by atoms with van der Waals surface area (Å²) in [6.45, 7) is 2.74. The van der Waals surface area contributed by atoms with E-state index in [9.17, 15) is 5.11 Å². The van der Waals surface area contributed by atoms with E-state index in [-0.39, 0.29) is 0 Å². The van der Waals surface area contributed by atoms with Gasteiger partial charge in [0, 0.05) is 37.9 Å². The molecular weight excluding hydrogens is 400 g/mol. The number of fused-ring (bicyclic) bond motifs is 1. The van der Waals surface area contributed by atoms with Crippen LogP contribution in [0.3, 0.4) is 0 Å². The Labute approximate surface area is 190 Å². The number of rotatable bonds is 8. The molecule has 5 nitrogen and oxygen atoms in total. The number of ether oxygens (including phenoxy) is 2. The molecule has 1 aliphatic rings. The highest BCUT2D eigenvalue weighted by atomic mass is 16.5. The van der Waals surface area contributed by atoms with E-state index >= 15 is 0 Å². The Morgan fingerprint density at radius 1 is 0.969 bits per heavy atom. The van der Waals surface area contributed by atoms with Gasteiger partial charge in [-0.2, -0.15) is 0 Å². The maximum absolute atomic E-state index is 9.51. The number of phenolic OH excluding ortho intramolecular Hbond substituents is 1. The Morgan fingerprint density at radius 2 is 1.69 bits per heavy atom. The number of anilines is 1. The zero-order valence-corrected chi connectivity index (χ0v) is 19.4. The molecule has 0 saturated heterocycles. The SMILES string of the molecule is COc1cc(CN(C)CCc2ccc(O)cc2)c(-c2cccc3c2N(C)CC3)cc1OC. The molecule has 1 aliphatic heterocycles. The second-order valence-electron chi connectivity index (χ2n) is 8.50. The molecule has 0 aliphatic carbocycles. The molecule has 0 spiro atoms. The van der Waals surface area contributed by atoms with Gasteiger partial charge in [-0.25, -0.2) is 0 Å². The highest BCUT2D eigenvalue weighted by molar-refractivity contribution is 5.85. The third-order valence-electron chi connectivity index (χ3n) is 6.28. The first-order chi connectivity index (χ1) is 15.5. The largest absolute Gasteiger partial charge is 0.508 e. The summed E-state index contributed by atoms with van der Waals surface area (Å²) in [5.74, 6) is 1.80. The molecule has 0 unspecified atom stereocenters. The molecule has 4 rings (SSSR count). The van der Waals surface area contributed by atoms with Gasteiger partial charge >= 0.3 is 0 Å². The summed E-state index contributed by atoms with van der Waals surface area (Å²) in [5, 5.41) is 9.51. The first kappa shape index (κ1) is 22.0. The van der Waals surface area contributed by atoms with Gasteiger partial charge in [-0.3, -0.25) is 0 Å². The number of benzene rings is 3. The van der Waals surface area contributed by atoms with Gasteiger partial charge in [-0.05, 0) is 66.4 Å². The van der Waals surface area contributed by atoms with Crippen LogP contribution in [-0.4, -0.2) is 51.4 Å². The van der Waals surface area contributed by atoms with Crippen LogP contribution in [0.1, 0.15) is 16.7 Å². The minimum Gasteiger partial charge on any atom is -0.508 e. The predicted octanol–water partition coefficient (Wildman–Crippen LogP) is 4.74. The quantitative estimate of drug-likeness (QED) is 0.557. The summed E-state index contributed by atoms with van der Waals surface area (Å²) in [4.78, 5) is 4.67. The monoisotopic (exact) mass is 432 g/mol. The van der Waals surface area contributed by atoms with Crippen molar-refractivity contribution >= 4 is 5.69 Å². The van der Waals surface area contributed by atoms with E-state index in [1.54, 1.807) is 26.4 Å². The average Bonchev–Trinajstić information content (AvgIpc) is 3.19. The molecule has 3 aromatic rings. The number of hydrogen-bond acceptors (Lipinski definition) is 5. The maximum Gasteiger partial charge on any atom is 0.161 e. The smallest absolute Gasteiger partial charge is 0.161 e. The fourth-order valence-corrected chi connectivity index (χ4v) is 4.52. The summed E-state index contributed by atoms with van der Waals surface area (Å²) in [6.07, 6.45) is 2.00. The average molecular weight is 433 g/mol. The van der Waals surface area contributed by atoms with Crippen molar-refractivity contribution in [3.05, 3.63) is 71.3 Å². The van der Waals surface area contributed by atoms with Gasteiger partial charge in [0.2, 0.25) is 0 Å². The lowest BCUT2D eigenvalue weighted by atomic mass is 9.95. The van der Waals surface area contributed by atoms with Crippen molar-refractivity contribution in [2.24, 2.45) is 0 Å². The first-order valence-corrected chi connectivity index (χ1v) is 11.0. The molecule has 0 fully saturated rings. The zero-order chi connectivity index (χ0) is 22.7. The van der Waals surface area contributed by atoms with Crippen LogP contribution in [0.2, 0.25) is 0 Å². The Morgan fingerprint density at radius 3 is 2.41 bits per heavy atom. The topological polar surface area (TPSA) is 45.2 Å². The van der Waals surface area contributed by atoms with E-state index in [1.165, 1.54) is 33.5 Å². The molecule has 0 bridgehead atoms. The summed E-state index contributed by atoms with van der Waals surface area (Å²) in [7, 11) is 7.68. The summed E-state index contributed by atoms with van der Waals surface area (Å²) < 4.78 is 11.3. The fraction of sp³-hybridized carbons (Fsp3) is 0.333. The van der Waals surface area contributed by atoms with Crippen LogP contribution in [0.25, 0.3) is 11.1 Å².